The van der Waals surface area contributed by atoms with Gasteiger partial charge in [0.25, 0.3) is 0 Å². The second-order valence-corrected chi connectivity index (χ2v) is 5.92. The Balaban J connectivity index is 1.83. The van der Waals surface area contributed by atoms with E-state index in [1.54, 1.807) is 6.20 Å². The molecular weight excluding hydrogens is 296 g/mol. The fourth-order valence-electron chi connectivity index (χ4n) is 3.01. The van der Waals surface area contributed by atoms with Crippen molar-refractivity contribution in [3.63, 3.8) is 0 Å². The van der Waals surface area contributed by atoms with E-state index in [1.807, 2.05) is 30.6 Å². The van der Waals surface area contributed by atoms with E-state index in [0.717, 1.165) is 33.7 Å². The van der Waals surface area contributed by atoms with E-state index >= 15 is 0 Å². The number of anilines is 2. The van der Waals surface area contributed by atoms with Crippen LogP contribution in [0.5, 0.6) is 0 Å². The molecule has 0 aliphatic heterocycles. The summed E-state index contributed by atoms with van der Waals surface area (Å²) in [6.07, 6.45) is 5.52. The van der Waals surface area contributed by atoms with Crippen molar-refractivity contribution in [2.45, 2.75) is 6.92 Å². The zero-order chi connectivity index (χ0) is 16.5. The van der Waals surface area contributed by atoms with Gasteiger partial charge in [0.15, 0.2) is 0 Å². The third-order valence-corrected chi connectivity index (χ3v) is 4.21. The molecule has 118 valence electrons. The Morgan fingerprint density at radius 3 is 2.71 bits per heavy atom. The number of benzene rings is 1. The summed E-state index contributed by atoms with van der Waals surface area (Å²) >= 11 is 0. The maximum atomic E-state index is 4.54. The minimum atomic E-state index is 0.865. The molecule has 0 aliphatic carbocycles. The van der Waals surface area contributed by atoms with Gasteiger partial charge in [0.05, 0.1) is 11.2 Å². The van der Waals surface area contributed by atoms with Gasteiger partial charge >= 0.3 is 0 Å². The number of aryl methyl sites for hydroxylation is 2. The van der Waals surface area contributed by atoms with E-state index in [0.29, 0.717) is 0 Å². The maximum absolute atomic E-state index is 4.54. The van der Waals surface area contributed by atoms with Gasteiger partial charge in [0.2, 0.25) is 0 Å². The molecule has 0 spiro atoms. The van der Waals surface area contributed by atoms with Crippen molar-refractivity contribution in [1.82, 2.24) is 14.5 Å². The van der Waals surface area contributed by atoms with Crippen LogP contribution >= 0.6 is 0 Å². The first-order valence-electron chi connectivity index (χ1n) is 7.91. The lowest BCUT2D eigenvalue weighted by molar-refractivity contribution is 0.975. The molecule has 0 aliphatic rings. The summed E-state index contributed by atoms with van der Waals surface area (Å²) in [6, 6.07) is 16.5. The summed E-state index contributed by atoms with van der Waals surface area (Å²) in [4.78, 5) is 8.77. The van der Waals surface area contributed by atoms with E-state index in [-0.39, 0.29) is 0 Å². The number of hydrogen-bond donors (Lipinski definition) is 1. The quantitative estimate of drug-likeness (QED) is 0.596. The first-order valence-corrected chi connectivity index (χ1v) is 7.91. The molecule has 0 atom stereocenters. The molecule has 24 heavy (non-hydrogen) atoms. The van der Waals surface area contributed by atoms with Crippen LogP contribution in [0.25, 0.3) is 22.2 Å². The first-order chi connectivity index (χ1) is 11.7. The van der Waals surface area contributed by atoms with Crippen LogP contribution in [0, 0.1) is 6.92 Å². The molecule has 0 unspecified atom stereocenters. The molecule has 0 fully saturated rings. The van der Waals surface area contributed by atoms with Crippen LogP contribution in [0.1, 0.15) is 5.56 Å². The van der Waals surface area contributed by atoms with Crippen LogP contribution < -0.4 is 5.32 Å². The molecule has 0 saturated carbocycles. The number of rotatable bonds is 3. The summed E-state index contributed by atoms with van der Waals surface area (Å²) in [7, 11) is 2.07. The van der Waals surface area contributed by atoms with Gasteiger partial charge < -0.3 is 9.88 Å². The number of nitrogens with one attached hydrogen (secondary N) is 1. The minimum absolute atomic E-state index is 0.865. The van der Waals surface area contributed by atoms with Crippen molar-refractivity contribution in [1.29, 1.82) is 0 Å². The summed E-state index contributed by atoms with van der Waals surface area (Å²) in [5, 5.41) is 4.54. The van der Waals surface area contributed by atoms with Gasteiger partial charge in [-0.15, -0.1) is 0 Å². The highest BCUT2D eigenvalue weighted by atomic mass is 15.0. The minimum Gasteiger partial charge on any atom is -0.343 e. The molecule has 4 nitrogen and oxygen atoms in total. The van der Waals surface area contributed by atoms with Gasteiger partial charge in [-0.1, -0.05) is 12.1 Å². The van der Waals surface area contributed by atoms with Gasteiger partial charge in [-0.25, -0.2) is 4.98 Å². The van der Waals surface area contributed by atoms with Crippen molar-refractivity contribution in [3.8, 4) is 11.3 Å². The molecule has 4 heteroatoms. The molecule has 1 aromatic carbocycles. The van der Waals surface area contributed by atoms with E-state index in [1.165, 1.54) is 5.56 Å². The monoisotopic (exact) mass is 314 g/mol. The highest BCUT2D eigenvalue weighted by Gasteiger charge is 2.12. The van der Waals surface area contributed by atoms with Crippen molar-refractivity contribution in [2.24, 2.45) is 7.05 Å². The SMILES string of the molecule is Cc1cccc(Nc2nccc3c2cc(-c2cccnc2)n3C)c1. The Kier molecular flexibility index (Phi) is 3.50. The van der Waals surface area contributed by atoms with Crippen LogP contribution in [-0.2, 0) is 7.05 Å². The fraction of sp³-hybridized carbons (Fsp3) is 0.100. The van der Waals surface area contributed by atoms with Crippen molar-refractivity contribution in [3.05, 3.63) is 72.7 Å². The van der Waals surface area contributed by atoms with Crippen molar-refractivity contribution < 1.29 is 0 Å². The van der Waals surface area contributed by atoms with E-state index in [2.05, 4.69) is 64.2 Å². The lowest BCUT2D eigenvalue weighted by Crippen LogP contribution is -1.95. The Bertz CT molecular complexity index is 1000. The third kappa shape index (κ3) is 2.52. The zero-order valence-corrected chi connectivity index (χ0v) is 13.7. The summed E-state index contributed by atoms with van der Waals surface area (Å²) in [6.45, 7) is 2.09. The second-order valence-electron chi connectivity index (χ2n) is 5.92. The number of hydrogen-bond acceptors (Lipinski definition) is 3. The largest absolute Gasteiger partial charge is 0.343 e. The molecule has 4 rings (SSSR count). The van der Waals surface area contributed by atoms with E-state index < -0.39 is 0 Å². The van der Waals surface area contributed by atoms with Crippen LogP contribution in [0.4, 0.5) is 11.5 Å². The number of pyridine rings is 2. The van der Waals surface area contributed by atoms with E-state index in [9.17, 15) is 0 Å². The summed E-state index contributed by atoms with van der Waals surface area (Å²) in [5.41, 5.74) is 5.62. The van der Waals surface area contributed by atoms with Crippen LogP contribution in [-0.4, -0.2) is 14.5 Å². The Hall–Kier alpha value is -3.14. The highest BCUT2D eigenvalue weighted by Crippen LogP contribution is 2.31. The predicted octanol–water partition coefficient (Wildman–Crippen LogP) is 4.69. The third-order valence-electron chi connectivity index (χ3n) is 4.21. The van der Waals surface area contributed by atoms with Gasteiger partial charge in [0.1, 0.15) is 5.82 Å². The van der Waals surface area contributed by atoms with Crippen LogP contribution in [0.15, 0.2) is 67.1 Å². The molecule has 4 aromatic rings. The van der Waals surface area contributed by atoms with Gasteiger partial charge in [-0.05, 0) is 48.9 Å². The molecule has 1 N–H and O–H groups in total. The number of fused-ring (bicyclic) bond motifs is 1. The van der Waals surface area contributed by atoms with Gasteiger partial charge in [-0.3, -0.25) is 4.98 Å². The zero-order valence-electron chi connectivity index (χ0n) is 13.7. The lowest BCUT2D eigenvalue weighted by Gasteiger charge is -2.08. The number of nitrogens with zero attached hydrogens (tertiary/aromatic N) is 3. The first kappa shape index (κ1) is 14.5. The predicted molar refractivity (Wildman–Crippen MR) is 98.4 cm³/mol. The average Bonchev–Trinajstić information content (AvgIpc) is 2.94. The topological polar surface area (TPSA) is 42.7 Å². The average molecular weight is 314 g/mol. The Morgan fingerprint density at radius 2 is 1.92 bits per heavy atom. The van der Waals surface area contributed by atoms with Crippen molar-refractivity contribution >= 4 is 22.4 Å². The Morgan fingerprint density at radius 1 is 1.00 bits per heavy atom. The molecular formula is C20H18N4. The second kappa shape index (κ2) is 5.81. The fourth-order valence-corrected chi connectivity index (χ4v) is 3.01. The molecule has 3 aromatic heterocycles. The van der Waals surface area contributed by atoms with Gasteiger partial charge in [0, 0.05) is 42.3 Å². The van der Waals surface area contributed by atoms with Crippen LogP contribution in [0.3, 0.4) is 0 Å². The molecule has 0 amide bonds. The van der Waals surface area contributed by atoms with Gasteiger partial charge in [-0.2, -0.15) is 0 Å². The number of aromatic nitrogens is 3. The highest BCUT2D eigenvalue weighted by molar-refractivity contribution is 5.95. The molecule has 0 bridgehead atoms. The standard InChI is InChI=1S/C20H18N4/c1-14-5-3-7-16(11-14)23-20-17-12-19(15-6-4-9-21-13-15)24(2)18(17)8-10-22-20/h3-13H,1-2H3,(H,22,23). The van der Waals surface area contributed by atoms with Crippen molar-refractivity contribution in [2.75, 3.05) is 5.32 Å². The lowest BCUT2D eigenvalue weighted by atomic mass is 10.2. The maximum Gasteiger partial charge on any atom is 0.139 e. The molecule has 0 saturated heterocycles. The molecule has 0 radical (unpaired) electrons. The normalized spacial score (nSPS) is 10.9. The molecule has 3 heterocycles. The Labute approximate surface area is 140 Å². The van der Waals surface area contributed by atoms with E-state index in [4.69, 9.17) is 0 Å². The summed E-state index contributed by atoms with van der Waals surface area (Å²) < 4.78 is 2.18. The summed E-state index contributed by atoms with van der Waals surface area (Å²) in [5.74, 6) is 0.865. The smallest absolute Gasteiger partial charge is 0.139 e. The van der Waals surface area contributed by atoms with Crippen LogP contribution in [0.2, 0.25) is 0 Å².